The molecule has 152 valence electrons. The van der Waals surface area contributed by atoms with Crippen molar-refractivity contribution in [1.29, 1.82) is 0 Å². The molecule has 4 amide bonds. The summed E-state index contributed by atoms with van der Waals surface area (Å²) in [5.41, 5.74) is -2.08. The summed E-state index contributed by atoms with van der Waals surface area (Å²) in [7, 11) is 1.50. The topological polar surface area (TPSA) is 69.7 Å². The van der Waals surface area contributed by atoms with Crippen molar-refractivity contribution in [2.45, 2.75) is 18.6 Å². The van der Waals surface area contributed by atoms with E-state index in [-0.39, 0.29) is 5.56 Å². The Hall–Kier alpha value is -3.36. The fourth-order valence-electron chi connectivity index (χ4n) is 3.08. The molecule has 0 radical (unpaired) electrons. The molecule has 1 fully saturated rings. The lowest BCUT2D eigenvalue weighted by molar-refractivity contribution is -0.138. The van der Waals surface area contributed by atoms with Gasteiger partial charge in [-0.25, -0.2) is 4.79 Å². The summed E-state index contributed by atoms with van der Waals surface area (Å²) in [5.74, 6) is -1.32. The number of urea groups is 1. The zero-order valence-electron chi connectivity index (χ0n) is 15.7. The first-order chi connectivity index (χ1) is 13.5. The van der Waals surface area contributed by atoms with Crippen molar-refractivity contribution in [3.05, 3.63) is 65.7 Å². The zero-order valence-corrected chi connectivity index (χ0v) is 15.7. The van der Waals surface area contributed by atoms with Gasteiger partial charge in [0.25, 0.3) is 5.91 Å². The van der Waals surface area contributed by atoms with Gasteiger partial charge in [-0.1, -0.05) is 30.3 Å². The number of nitrogens with one attached hydrogen (secondary N) is 1. The Bertz CT molecular complexity index is 962. The van der Waals surface area contributed by atoms with Crippen LogP contribution in [-0.2, 0) is 21.3 Å². The summed E-state index contributed by atoms with van der Waals surface area (Å²) in [6, 6.07) is 12.0. The lowest BCUT2D eigenvalue weighted by atomic mass is 9.90. The predicted molar refractivity (Wildman–Crippen MR) is 98.9 cm³/mol. The van der Waals surface area contributed by atoms with Crippen molar-refractivity contribution in [1.82, 2.24) is 10.2 Å². The first-order valence-corrected chi connectivity index (χ1v) is 8.67. The molecule has 9 heteroatoms. The molecule has 2 aromatic rings. The summed E-state index contributed by atoms with van der Waals surface area (Å²) in [6.45, 7) is 0.777. The number of hydrogen-bond acceptors (Lipinski definition) is 3. The molecule has 2 aromatic carbocycles. The van der Waals surface area contributed by atoms with E-state index in [1.54, 1.807) is 30.3 Å². The third kappa shape index (κ3) is 3.80. The number of hydrogen-bond donors (Lipinski definition) is 1. The van der Waals surface area contributed by atoms with Crippen LogP contribution in [-0.4, -0.2) is 36.3 Å². The van der Waals surface area contributed by atoms with Gasteiger partial charge >= 0.3 is 12.2 Å². The molecule has 1 atom stereocenters. The van der Waals surface area contributed by atoms with Crippen LogP contribution in [0.2, 0.25) is 0 Å². The molecule has 1 aliphatic heterocycles. The predicted octanol–water partition coefficient (Wildman–Crippen LogP) is 3.14. The van der Waals surface area contributed by atoms with Crippen molar-refractivity contribution >= 4 is 23.5 Å². The molecule has 29 heavy (non-hydrogen) atoms. The van der Waals surface area contributed by atoms with E-state index in [1.165, 1.54) is 31.0 Å². The van der Waals surface area contributed by atoms with Gasteiger partial charge in [0.05, 0.1) is 5.56 Å². The van der Waals surface area contributed by atoms with Crippen molar-refractivity contribution in [3.8, 4) is 0 Å². The second kappa shape index (κ2) is 7.23. The average Bonchev–Trinajstić information content (AvgIpc) is 2.91. The Morgan fingerprint density at radius 3 is 2.38 bits per heavy atom. The van der Waals surface area contributed by atoms with Crippen LogP contribution >= 0.6 is 0 Å². The third-order valence-corrected chi connectivity index (χ3v) is 4.85. The van der Waals surface area contributed by atoms with Gasteiger partial charge in [-0.05, 0) is 36.8 Å². The summed E-state index contributed by atoms with van der Waals surface area (Å²) in [4.78, 5) is 39.8. The maximum absolute atomic E-state index is 13.0. The van der Waals surface area contributed by atoms with E-state index in [4.69, 9.17) is 0 Å². The molecule has 0 bridgehead atoms. The summed E-state index contributed by atoms with van der Waals surface area (Å²) >= 11 is 0. The fourth-order valence-corrected chi connectivity index (χ4v) is 3.08. The standard InChI is InChI=1S/C20H18F3N3O3/c1-19(13-7-6-8-14(11-13)20(21,22)23)17(28)26(18(29)24-19)12-16(27)25(2)15-9-4-3-5-10-15/h3-11H,12H2,1-2H3,(H,24,29)/t19-/m1/s1. The number of benzene rings is 2. The van der Waals surface area contributed by atoms with E-state index >= 15 is 0 Å². The van der Waals surface area contributed by atoms with Crippen molar-refractivity contribution in [2.24, 2.45) is 0 Å². The number of imide groups is 1. The second-order valence-corrected chi connectivity index (χ2v) is 6.81. The van der Waals surface area contributed by atoms with Crippen LogP contribution in [0.3, 0.4) is 0 Å². The van der Waals surface area contributed by atoms with Gasteiger partial charge in [-0.15, -0.1) is 0 Å². The number of amides is 4. The van der Waals surface area contributed by atoms with Crippen LogP contribution < -0.4 is 10.2 Å². The van der Waals surface area contributed by atoms with Gasteiger partial charge in [-0.2, -0.15) is 13.2 Å². The monoisotopic (exact) mass is 405 g/mol. The van der Waals surface area contributed by atoms with Crippen molar-refractivity contribution in [3.63, 3.8) is 0 Å². The highest BCUT2D eigenvalue weighted by Crippen LogP contribution is 2.34. The molecule has 1 N–H and O–H groups in total. The minimum atomic E-state index is -4.59. The molecule has 1 aliphatic rings. The number of para-hydroxylation sites is 1. The van der Waals surface area contributed by atoms with Gasteiger partial charge in [0, 0.05) is 12.7 Å². The lowest BCUT2D eigenvalue weighted by Gasteiger charge is -2.24. The molecule has 3 rings (SSSR count). The Morgan fingerprint density at radius 2 is 1.76 bits per heavy atom. The van der Waals surface area contributed by atoms with Gasteiger partial charge in [0.1, 0.15) is 12.1 Å². The molecular formula is C20H18F3N3O3. The minimum Gasteiger partial charge on any atom is -0.319 e. The molecular weight excluding hydrogens is 387 g/mol. The third-order valence-electron chi connectivity index (χ3n) is 4.85. The number of halogens is 3. The van der Waals surface area contributed by atoms with Crippen LogP contribution in [0, 0.1) is 0 Å². The van der Waals surface area contributed by atoms with Gasteiger partial charge in [0.15, 0.2) is 0 Å². The molecule has 0 saturated carbocycles. The highest BCUT2D eigenvalue weighted by atomic mass is 19.4. The van der Waals surface area contributed by atoms with Crippen LogP contribution in [0.15, 0.2) is 54.6 Å². The van der Waals surface area contributed by atoms with E-state index in [1.807, 2.05) is 0 Å². The average molecular weight is 405 g/mol. The molecule has 0 unspecified atom stereocenters. The summed E-state index contributed by atoms with van der Waals surface area (Å²) < 4.78 is 39.1. The van der Waals surface area contributed by atoms with Crippen LogP contribution in [0.25, 0.3) is 0 Å². The number of likely N-dealkylation sites (N-methyl/N-ethyl adjacent to an activating group) is 1. The Balaban J connectivity index is 1.83. The van der Waals surface area contributed by atoms with Crippen molar-refractivity contribution < 1.29 is 27.6 Å². The van der Waals surface area contributed by atoms with Gasteiger partial charge in [-0.3, -0.25) is 14.5 Å². The number of nitrogens with zero attached hydrogens (tertiary/aromatic N) is 2. The normalized spacial score (nSPS) is 19.3. The largest absolute Gasteiger partial charge is 0.416 e. The van der Waals surface area contributed by atoms with Crippen LogP contribution in [0.5, 0.6) is 0 Å². The summed E-state index contributed by atoms with van der Waals surface area (Å²) in [5, 5.41) is 2.41. The van der Waals surface area contributed by atoms with Crippen LogP contribution in [0.4, 0.5) is 23.7 Å². The summed E-state index contributed by atoms with van der Waals surface area (Å²) in [6.07, 6.45) is -4.59. The quantitative estimate of drug-likeness (QED) is 0.795. The van der Waals surface area contributed by atoms with Gasteiger partial charge < -0.3 is 10.2 Å². The Labute approximate surface area is 164 Å². The number of carbonyl (C=O) groups excluding carboxylic acids is 3. The lowest BCUT2D eigenvalue weighted by Crippen LogP contribution is -2.43. The highest BCUT2D eigenvalue weighted by molar-refractivity contribution is 6.10. The number of carbonyl (C=O) groups is 3. The fraction of sp³-hybridized carbons (Fsp3) is 0.250. The maximum atomic E-state index is 13.0. The molecule has 1 saturated heterocycles. The molecule has 6 nitrogen and oxygen atoms in total. The number of alkyl halides is 3. The smallest absolute Gasteiger partial charge is 0.319 e. The van der Waals surface area contributed by atoms with E-state index < -0.39 is 41.7 Å². The van der Waals surface area contributed by atoms with Gasteiger partial charge in [0.2, 0.25) is 5.91 Å². The highest BCUT2D eigenvalue weighted by Gasteiger charge is 2.50. The van der Waals surface area contributed by atoms with E-state index in [0.29, 0.717) is 10.6 Å². The second-order valence-electron chi connectivity index (χ2n) is 6.81. The molecule has 0 aliphatic carbocycles. The van der Waals surface area contributed by atoms with E-state index in [2.05, 4.69) is 5.32 Å². The molecule has 1 heterocycles. The minimum absolute atomic E-state index is 0.0166. The first-order valence-electron chi connectivity index (χ1n) is 8.67. The van der Waals surface area contributed by atoms with Crippen LogP contribution in [0.1, 0.15) is 18.1 Å². The maximum Gasteiger partial charge on any atom is 0.416 e. The van der Waals surface area contributed by atoms with E-state index in [0.717, 1.165) is 12.1 Å². The Kier molecular flexibility index (Phi) is 5.08. The SMILES string of the molecule is CN(C(=O)CN1C(=O)N[C@](C)(c2cccc(C(F)(F)F)c2)C1=O)c1ccccc1. The molecule has 0 spiro atoms. The Morgan fingerprint density at radius 1 is 1.10 bits per heavy atom. The zero-order chi connectivity index (χ0) is 21.4. The van der Waals surface area contributed by atoms with Crippen molar-refractivity contribution in [2.75, 3.05) is 18.5 Å². The number of anilines is 1. The first kappa shape index (κ1) is 20.4. The van der Waals surface area contributed by atoms with E-state index in [9.17, 15) is 27.6 Å². The number of rotatable bonds is 4. The molecule has 0 aromatic heterocycles.